The van der Waals surface area contributed by atoms with E-state index >= 15 is 0 Å². The van der Waals surface area contributed by atoms with Crippen LogP contribution in [0, 0.1) is 12.3 Å². The average Bonchev–Trinajstić information content (AvgIpc) is 3.18. The number of hydrogen-bond acceptors (Lipinski definition) is 7. The van der Waals surface area contributed by atoms with Crippen LogP contribution in [-0.4, -0.2) is 71.7 Å². The van der Waals surface area contributed by atoms with Crippen molar-refractivity contribution in [1.82, 2.24) is 29.4 Å². The van der Waals surface area contributed by atoms with Gasteiger partial charge in [-0.3, -0.25) is 9.48 Å². The maximum atomic E-state index is 13.0. The van der Waals surface area contributed by atoms with E-state index in [2.05, 4.69) is 30.6 Å². The van der Waals surface area contributed by atoms with Gasteiger partial charge in [-0.15, -0.1) is 6.42 Å². The quantitative estimate of drug-likeness (QED) is 0.567. The van der Waals surface area contributed by atoms with Crippen molar-refractivity contribution in [1.29, 1.82) is 0 Å². The van der Waals surface area contributed by atoms with E-state index in [1.807, 2.05) is 7.05 Å². The Morgan fingerprint density at radius 2 is 2.00 bits per heavy atom. The number of rotatable bonds is 5. The number of amides is 1. The molecule has 3 aromatic rings. The van der Waals surface area contributed by atoms with Gasteiger partial charge in [0, 0.05) is 38.8 Å². The molecule has 0 radical (unpaired) electrons. The third kappa shape index (κ3) is 4.08. The van der Waals surface area contributed by atoms with Crippen LogP contribution in [0.25, 0.3) is 11.0 Å². The molecule has 3 heterocycles. The van der Waals surface area contributed by atoms with Crippen molar-refractivity contribution < 1.29 is 13.2 Å². The lowest BCUT2D eigenvalue weighted by molar-refractivity contribution is 0.0746. The number of carbonyl (C=O) groups excluding carboxylic acids is 1. The highest BCUT2D eigenvalue weighted by molar-refractivity contribution is 7.89. The van der Waals surface area contributed by atoms with Crippen molar-refractivity contribution >= 4 is 32.8 Å². The van der Waals surface area contributed by atoms with Crippen molar-refractivity contribution in [2.24, 2.45) is 7.05 Å². The van der Waals surface area contributed by atoms with Gasteiger partial charge in [0.2, 0.25) is 10.0 Å². The van der Waals surface area contributed by atoms with Crippen LogP contribution in [0.4, 0.5) is 5.82 Å². The zero-order valence-electron chi connectivity index (χ0n) is 16.9. The minimum absolute atomic E-state index is 0.00666. The number of terminal acetylenes is 1. The first-order valence-corrected chi connectivity index (χ1v) is 11.1. The summed E-state index contributed by atoms with van der Waals surface area (Å²) in [5.74, 6) is 2.80. The molecule has 10 nitrogen and oxygen atoms in total. The normalized spacial score (nSPS) is 14.6. The molecule has 1 fully saturated rings. The Balaban J connectivity index is 1.47. The van der Waals surface area contributed by atoms with E-state index in [9.17, 15) is 13.2 Å². The largest absolute Gasteiger partial charge is 0.352 e. The topological polar surface area (TPSA) is 113 Å². The van der Waals surface area contributed by atoms with E-state index in [0.717, 1.165) is 16.9 Å². The number of carbonyl (C=O) groups is 1. The van der Waals surface area contributed by atoms with Gasteiger partial charge in [0.25, 0.3) is 5.91 Å². The lowest BCUT2D eigenvalue weighted by atomic mass is 10.2. The first kappa shape index (κ1) is 20.8. The fourth-order valence-electron chi connectivity index (χ4n) is 3.52. The SMILES string of the molecule is C#CCNS(=O)(=O)c1cccc(C(=O)N2CCN(c3ncnc4c3cnn4C)CC2)c1. The summed E-state index contributed by atoms with van der Waals surface area (Å²) >= 11 is 0. The van der Waals surface area contributed by atoms with E-state index < -0.39 is 10.0 Å². The fraction of sp³-hybridized carbons (Fsp3) is 0.300. The van der Waals surface area contributed by atoms with Gasteiger partial charge >= 0.3 is 0 Å². The van der Waals surface area contributed by atoms with Crippen LogP contribution in [0.3, 0.4) is 0 Å². The summed E-state index contributed by atoms with van der Waals surface area (Å²) in [5.41, 5.74) is 1.06. The maximum Gasteiger partial charge on any atom is 0.254 e. The molecule has 1 amide bonds. The molecule has 2 aromatic heterocycles. The smallest absolute Gasteiger partial charge is 0.254 e. The minimum atomic E-state index is -3.77. The van der Waals surface area contributed by atoms with Crippen LogP contribution in [-0.2, 0) is 17.1 Å². The van der Waals surface area contributed by atoms with Crippen LogP contribution in [0.2, 0.25) is 0 Å². The second kappa shape index (κ2) is 8.33. The molecule has 0 saturated carbocycles. The van der Waals surface area contributed by atoms with Gasteiger partial charge in [-0.05, 0) is 18.2 Å². The summed E-state index contributed by atoms with van der Waals surface area (Å²) in [7, 11) is -1.94. The highest BCUT2D eigenvalue weighted by Crippen LogP contribution is 2.23. The highest BCUT2D eigenvalue weighted by Gasteiger charge is 2.25. The molecule has 1 N–H and O–H groups in total. The number of aryl methyl sites for hydroxylation is 1. The number of fused-ring (bicyclic) bond motifs is 1. The maximum absolute atomic E-state index is 13.0. The summed E-state index contributed by atoms with van der Waals surface area (Å²) in [4.78, 5) is 25.4. The monoisotopic (exact) mass is 439 g/mol. The van der Waals surface area contributed by atoms with Gasteiger partial charge in [0.1, 0.15) is 12.1 Å². The van der Waals surface area contributed by atoms with Gasteiger partial charge < -0.3 is 9.80 Å². The number of sulfonamides is 1. The molecule has 0 unspecified atom stereocenters. The lowest BCUT2D eigenvalue weighted by Crippen LogP contribution is -2.49. The second-order valence-electron chi connectivity index (χ2n) is 7.04. The Morgan fingerprint density at radius 3 is 2.74 bits per heavy atom. The van der Waals surface area contributed by atoms with E-state index in [1.165, 1.54) is 18.5 Å². The summed E-state index contributed by atoms with van der Waals surface area (Å²) < 4.78 is 28.6. The number of anilines is 1. The zero-order valence-corrected chi connectivity index (χ0v) is 17.7. The average molecular weight is 440 g/mol. The molecule has 1 saturated heterocycles. The number of benzene rings is 1. The summed E-state index contributed by atoms with van der Waals surface area (Å²) in [6.45, 7) is 2.03. The Bertz CT molecular complexity index is 1270. The van der Waals surface area contributed by atoms with Crippen LogP contribution >= 0.6 is 0 Å². The van der Waals surface area contributed by atoms with Crippen molar-refractivity contribution in [2.75, 3.05) is 37.6 Å². The molecule has 31 heavy (non-hydrogen) atoms. The molecular weight excluding hydrogens is 418 g/mol. The van der Waals surface area contributed by atoms with Gasteiger partial charge in [-0.1, -0.05) is 12.0 Å². The van der Waals surface area contributed by atoms with E-state index in [1.54, 1.807) is 27.9 Å². The lowest BCUT2D eigenvalue weighted by Gasteiger charge is -2.35. The van der Waals surface area contributed by atoms with Gasteiger partial charge in [-0.25, -0.2) is 18.4 Å². The van der Waals surface area contributed by atoms with Crippen molar-refractivity contribution in [3.05, 3.63) is 42.4 Å². The Labute approximate surface area is 179 Å². The third-order valence-electron chi connectivity index (χ3n) is 5.13. The standard InChI is InChI=1S/C20H21N7O3S/c1-3-7-24-31(29,30)16-6-4-5-15(12-16)20(28)27-10-8-26(9-11-27)19-17-13-23-25(2)18(17)21-14-22-19/h1,4-6,12-14,24H,7-11H2,2H3. The van der Waals surface area contributed by atoms with Gasteiger partial charge in [0.05, 0.1) is 23.0 Å². The Hall–Kier alpha value is -3.49. The first-order chi connectivity index (χ1) is 14.9. The minimum Gasteiger partial charge on any atom is -0.352 e. The van der Waals surface area contributed by atoms with Crippen LogP contribution in [0.1, 0.15) is 10.4 Å². The number of hydrogen-bond donors (Lipinski definition) is 1. The molecular formula is C20H21N7O3S. The number of nitrogens with zero attached hydrogens (tertiary/aromatic N) is 6. The van der Waals surface area contributed by atoms with E-state index in [-0.39, 0.29) is 17.3 Å². The molecule has 1 aliphatic rings. The predicted octanol–water partition coefficient (Wildman–Crippen LogP) is 0.237. The first-order valence-electron chi connectivity index (χ1n) is 9.61. The second-order valence-corrected chi connectivity index (χ2v) is 8.81. The summed E-state index contributed by atoms with van der Waals surface area (Å²) in [5, 5.41) is 5.10. The molecule has 11 heteroatoms. The van der Waals surface area contributed by atoms with Gasteiger partial charge in [-0.2, -0.15) is 9.82 Å². The molecule has 0 bridgehead atoms. The van der Waals surface area contributed by atoms with Gasteiger partial charge in [0.15, 0.2) is 5.65 Å². The van der Waals surface area contributed by atoms with Crippen LogP contribution < -0.4 is 9.62 Å². The highest BCUT2D eigenvalue weighted by atomic mass is 32.2. The molecule has 0 atom stereocenters. The Kier molecular flexibility index (Phi) is 5.58. The summed E-state index contributed by atoms with van der Waals surface area (Å²) in [6.07, 6.45) is 8.37. The zero-order chi connectivity index (χ0) is 22.0. The third-order valence-corrected chi connectivity index (χ3v) is 6.53. The van der Waals surface area contributed by atoms with Crippen LogP contribution in [0.15, 0.2) is 41.7 Å². The molecule has 1 aromatic carbocycles. The number of piperazine rings is 1. The Morgan fingerprint density at radius 1 is 1.23 bits per heavy atom. The van der Waals surface area contributed by atoms with Crippen LogP contribution in [0.5, 0.6) is 0 Å². The molecule has 1 aliphatic heterocycles. The van der Waals surface area contributed by atoms with Crippen molar-refractivity contribution in [3.63, 3.8) is 0 Å². The molecule has 0 spiro atoms. The molecule has 0 aliphatic carbocycles. The van der Waals surface area contributed by atoms with Crippen molar-refractivity contribution in [2.45, 2.75) is 4.90 Å². The fourth-order valence-corrected chi connectivity index (χ4v) is 4.50. The summed E-state index contributed by atoms with van der Waals surface area (Å²) in [6, 6.07) is 5.96. The predicted molar refractivity (Wildman–Crippen MR) is 115 cm³/mol. The molecule has 160 valence electrons. The number of nitrogens with one attached hydrogen (secondary N) is 1. The van der Waals surface area contributed by atoms with Crippen molar-refractivity contribution in [3.8, 4) is 12.3 Å². The molecule has 4 rings (SSSR count). The van der Waals surface area contributed by atoms with E-state index in [0.29, 0.717) is 31.7 Å². The number of aromatic nitrogens is 4. The van der Waals surface area contributed by atoms with E-state index in [4.69, 9.17) is 6.42 Å².